The molecule has 8 heteroatoms. The Morgan fingerprint density at radius 1 is 1.38 bits per heavy atom. The highest BCUT2D eigenvalue weighted by Crippen LogP contribution is 2.27. The lowest BCUT2D eigenvalue weighted by Crippen LogP contribution is -2.44. The summed E-state index contributed by atoms with van der Waals surface area (Å²) in [5.41, 5.74) is 0. The summed E-state index contributed by atoms with van der Waals surface area (Å²) in [7, 11) is -3.86. The monoisotopic (exact) mass is 378 g/mol. The fraction of sp³-hybridized carbons (Fsp3) is 0.462. The molecule has 0 radical (unpaired) electrons. The number of halogens is 1. The van der Waals surface area contributed by atoms with Gasteiger partial charge in [-0.1, -0.05) is 15.9 Å². The standard InChI is InChI=1S/C13H19BrN2O4S/c1-4-15-13(17)9(3)16-21(18,19)12-8-10(14)6-7-11(12)20-5-2/h6-9,16H,4-5H2,1-3H3,(H,15,17)/t9-/m0/s1. The van der Waals surface area contributed by atoms with Gasteiger partial charge in [-0.25, -0.2) is 8.42 Å². The molecule has 21 heavy (non-hydrogen) atoms. The van der Waals surface area contributed by atoms with Crippen LogP contribution < -0.4 is 14.8 Å². The number of benzene rings is 1. The number of hydrogen-bond donors (Lipinski definition) is 2. The summed E-state index contributed by atoms with van der Waals surface area (Å²) in [6.07, 6.45) is 0. The van der Waals surface area contributed by atoms with Crippen molar-refractivity contribution in [3.63, 3.8) is 0 Å². The van der Waals surface area contributed by atoms with Gasteiger partial charge < -0.3 is 10.1 Å². The van der Waals surface area contributed by atoms with Crippen molar-refractivity contribution in [1.82, 2.24) is 10.0 Å². The van der Waals surface area contributed by atoms with Crippen LogP contribution in [0.4, 0.5) is 0 Å². The Morgan fingerprint density at radius 3 is 2.62 bits per heavy atom. The lowest BCUT2D eigenvalue weighted by Gasteiger charge is -2.16. The first-order valence-corrected chi connectivity index (χ1v) is 8.81. The van der Waals surface area contributed by atoms with E-state index in [0.29, 0.717) is 17.6 Å². The predicted octanol–water partition coefficient (Wildman–Crippen LogP) is 1.65. The molecule has 1 aromatic rings. The molecular formula is C13H19BrN2O4S. The maximum Gasteiger partial charge on any atom is 0.245 e. The zero-order valence-electron chi connectivity index (χ0n) is 12.1. The zero-order valence-corrected chi connectivity index (χ0v) is 14.5. The van der Waals surface area contributed by atoms with Gasteiger partial charge >= 0.3 is 0 Å². The molecule has 1 aromatic carbocycles. The maximum absolute atomic E-state index is 12.4. The number of carbonyl (C=O) groups is 1. The Morgan fingerprint density at radius 2 is 2.05 bits per heavy atom. The van der Waals surface area contributed by atoms with E-state index in [2.05, 4.69) is 26.0 Å². The van der Waals surface area contributed by atoms with E-state index in [0.717, 1.165) is 0 Å². The number of rotatable bonds is 7. The van der Waals surface area contributed by atoms with Crippen LogP contribution in [0.1, 0.15) is 20.8 Å². The molecule has 0 aliphatic carbocycles. The molecule has 0 spiro atoms. The van der Waals surface area contributed by atoms with Gasteiger partial charge in [0.25, 0.3) is 0 Å². The Hall–Kier alpha value is -1.12. The lowest BCUT2D eigenvalue weighted by atomic mass is 10.3. The van der Waals surface area contributed by atoms with E-state index in [-0.39, 0.29) is 16.6 Å². The quantitative estimate of drug-likeness (QED) is 0.755. The first-order valence-electron chi connectivity index (χ1n) is 6.54. The smallest absolute Gasteiger partial charge is 0.245 e. The number of carbonyl (C=O) groups excluding carboxylic acids is 1. The van der Waals surface area contributed by atoms with E-state index in [4.69, 9.17) is 4.74 Å². The largest absolute Gasteiger partial charge is 0.492 e. The highest BCUT2D eigenvalue weighted by Gasteiger charge is 2.25. The van der Waals surface area contributed by atoms with E-state index >= 15 is 0 Å². The third kappa shape index (κ3) is 4.98. The van der Waals surface area contributed by atoms with Crippen molar-refractivity contribution in [2.45, 2.75) is 31.7 Å². The molecule has 0 aromatic heterocycles. The second-order valence-electron chi connectivity index (χ2n) is 4.26. The highest BCUT2D eigenvalue weighted by atomic mass is 79.9. The number of sulfonamides is 1. The van der Waals surface area contributed by atoms with Gasteiger partial charge in [0.2, 0.25) is 15.9 Å². The third-order valence-corrected chi connectivity index (χ3v) is 4.63. The van der Waals surface area contributed by atoms with E-state index in [1.165, 1.54) is 13.0 Å². The van der Waals surface area contributed by atoms with Crippen molar-refractivity contribution in [3.05, 3.63) is 22.7 Å². The molecule has 0 fully saturated rings. The first kappa shape index (κ1) is 17.9. The number of hydrogen-bond acceptors (Lipinski definition) is 4. The summed E-state index contributed by atoms with van der Waals surface area (Å²) in [6, 6.07) is 3.83. The highest BCUT2D eigenvalue weighted by molar-refractivity contribution is 9.10. The zero-order chi connectivity index (χ0) is 16.0. The number of amides is 1. The number of ether oxygens (including phenoxy) is 1. The minimum atomic E-state index is -3.86. The lowest BCUT2D eigenvalue weighted by molar-refractivity contribution is -0.122. The average Bonchev–Trinajstić information content (AvgIpc) is 2.40. The van der Waals surface area contributed by atoms with Crippen LogP contribution >= 0.6 is 15.9 Å². The normalized spacial score (nSPS) is 12.8. The second-order valence-corrected chi connectivity index (χ2v) is 6.86. The maximum atomic E-state index is 12.4. The van der Waals surface area contributed by atoms with Gasteiger partial charge in [0.1, 0.15) is 10.6 Å². The second kappa shape index (κ2) is 7.77. The summed E-state index contributed by atoms with van der Waals surface area (Å²) in [5, 5.41) is 2.56. The molecule has 118 valence electrons. The van der Waals surface area contributed by atoms with Crippen LogP contribution in [0.2, 0.25) is 0 Å². The van der Waals surface area contributed by atoms with Crippen LogP contribution in [0.15, 0.2) is 27.6 Å². The number of likely N-dealkylation sites (N-methyl/N-ethyl adjacent to an activating group) is 1. The van der Waals surface area contributed by atoms with Crippen LogP contribution in [0.5, 0.6) is 5.75 Å². The summed E-state index contributed by atoms with van der Waals surface area (Å²) in [5.74, 6) is -0.134. The molecule has 0 aliphatic heterocycles. The van der Waals surface area contributed by atoms with E-state index < -0.39 is 16.1 Å². The van der Waals surface area contributed by atoms with Crippen LogP contribution in [0.25, 0.3) is 0 Å². The molecule has 1 amide bonds. The molecule has 6 nitrogen and oxygen atoms in total. The molecule has 0 saturated heterocycles. The molecule has 1 rings (SSSR count). The van der Waals surface area contributed by atoms with E-state index in [1.807, 2.05) is 0 Å². The molecular weight excluding hydrogens is 360 g/mol. The van der Waals surface area contributed by atoms with Gasteiger partial charge in [0, 0.05) is 11.0 Å². The van der Waals surface area contributed by atoms with Crippen LogP contribution in [-0.4, -0.2) is 33.5 Å². The molecule has 0 saturated carbocycles. The molecule has 0 bridgehead atoms. The van der Waals surface area contributed by atoms with Crippen molar-refractivity contribution in [2.24, 2.45) is 0 Å². The van der Waals surface area contributed by atoms with Crippen LogP contribution in [0.3, 0.4) is 0 Å². The van der Waals surface area contributed by atoms with Gasteiger partial charge in [0.15, 0.2) is 0 Å². The minimum Gasteiger partial charge on any atom is -0.492 e. The fourth-order valence-electron chi connectivity index (χ4n) is 1.64. The van der Waals surface area contributed by atoms with Crippen LogP contribution in [0, 0.1) is 0 Å². The van der Waals surface area contributed by atoms with Crippen molar-refractivity contribution in [1.29, 1.82) is 0 Å². The predicted molar refractivity (Wildman–Crippen MR) is 83.8 cm³/mol. The Kier molecular flexibility index (Phi) is 6.63. The summed E-state index contributed by atoms with van der Waals surface area (Å²) in [4.78, 5) is 11.6. The van der Waals surface area contributed by atoms with E-state index in [1.54, 1.807) is 26.0 Å². The van der Waals surface area contributed by atoms with Crippen molar-refractivity contribution in [2.75, 3.05) is 13.2 Å². The summed E-state index contributed by atoms with van der Waals surface area (Å²) in [6.45, 7) is 5.80. The Labute approximate surface area is 133 Å². The van der Waals surface area contributed by atoms with Gasteiger partial charge in [-0.15, -0.1) is 0 Å². The topological polar surface area (TPSA) is 84.5 Å². The van der Waals surface area contributed by atoms with Crippen molar-refractivity contribution in [3.8, 4) is 5.75 Å². The van der Waals surface area contributed by atoms with Crippen molar-refractivity contribution >= 4 is 31.9 Å². The molecule has 2 N–H and O–H groups in total. The van der Waals surface area contributed by atoms with Gasteiger partial charge in [-0.2, -0.15) is 4.72 Å². The molecule has 0 unspecified atom stereocenters. The minimum absolute atomic E-state index is 0.00475. The molecule has 0 heterocycles. The SMILES string of the molecule is CCNC(=O)[C@H](C)NS(=O)(=O)c1cc(Br)ccc1OCC. The first-order chi connectivity index (χ1) is 9.81. The van der Waals surface area contributed by atoms with Gasteiger partial charge in [-0.3, -0.25) is 4.79 Å². The van der Waals surface area contributed by atoms with E-state index in [9.17, 15) is 13.2 Å². The fourth-order valence-corrected chi connectivity index (χ4v) is 3.53. The number of nitrogens with one attached hydrogen (secondary N) is 2. The molecule has 1 atom stereocenters. The van der Waals surface area contributed by atoms with Gasteiger partial charge in [0.05, 0.1) is 12.6 Å². The third-order valence-electron chi connectivity index (χ3n) is 2.57. The van der Waals surface area contributed by atoms with Crippen molar-refractivity contribution < 1.29 is 17.9 Å². The van der Waals surface area contributed by atoms with Gasteiger partial charge in [-0.05, 0) is 39.0 Å². The summed E-state index contributed by atoms with van der Waals surface area (Å²) < 4.78 is 33.1. The Bertz CT molecular complexity index is 604. The van der Waals surface area contributed by atoms with Crippen LogP contribution in [-0.2, 0) is 14.8 Å². The molecule has 0 aliphatic rings. The summed E-state index contributed by atoms with van der Waals surface area (Å²) >= 11 is 3.23. The Balaban J connectivity index is 3.07. The average molecular weight is 379 g/mol.